The highest BCUT2D eigenvalue weighted by molar-refractivity contribution is 6.33. The minimum Gasteiger partial charge on any atom is -0.0843 e. The van der Waals surface area contributed by atoms with Crippen molar-refractivity contribution in [3.05, 3.63) is 83.9 Å². The third-order valence-electron chi connectivity index (χ3n) is 3.89. The molecule has 0 N–H and O–H groups in total. The Bertz CT molecular complexity index is 911. The maximum absolute atomic E-state index is 5.89. The van der Waals surface area contributed by atoms with Crippen molar-refractivity contribution in [1.29, 1.82) is 0 Å². The first-order chi connectivity index (χ1) is 10.3. The molecule has 1 heteroatoms. The van der Waals surface area contributed by atoms with E-state index in [2.05, 4.69) is 66.7 Å². The Kier molecular flexibility index (Phi) is 2.90. The van der Waals surface area contributed by atoms with Gasteiger partial charge in [-0.2, -0.15) is 0 Å². The molecule has 100 valence electrons. The lowest BCUT2D eigenvalue weighted by atomic mass is 9.95. The quantitative estimate of drug-likeness (QED) is 0.311. The van der Waals surface area contributed by atoms with Gasteiger partial charge in [0.1, 0.15) is 0 Å². The number of fused-ring (bicyclic) bond motifs is 2. The van der Waals surface area contributed by atoms with E-state index in [1.165, 1.54) is 32.3 Å². The molecule has 0 unspecified atom stereocenters. The first-order valence-corrected chi connectivity index (χ1v) is 7.36. The summed E-state index contributed by atoms with van der Waals surface area (Å²) >= 11 is 5.89. The standard InChI is InChI=1S/C10H5Cl.C10H8/c11-8-3-6-1-2-7-4-9(6)10(7)5-8;1-2-6-10-8-4-3-7-9(10)5-1/h1-5H;1-8H. The second kappa shape index (κ2) is 4.91. The highest BCUT2D eigenvalue weighted by Crippen LogP contribution is 2.35. The summed E-state index contributed by atoms with van der Waals surface area (Å²) in [6.07, 6.45) is 0. The molecule has 0 fully saturated rings. The summed E-state index contributed by atoms with van der Waals surface area (Å²) in [6, 6.07) is 27.2. The molecule has 6 aromatic carbocycles. The van der Waals surface area contributed by atoms with Crippen LogP contribution < -0.4 is 0 Å². The van der Waals surface area contributed by atoms with Gasteiger partial charge in [0, 0.05) is 5.02 Å². The van der Waals surface area contributed by atoms with Crippen LogP contribution in [0.15, 0.2) is 78.9 Å². The van der Waals surface area contributed by atoms with Gasteiger partial charge in [-0.05, 0) is 50.5 Å². The monoisotopic (exact) mass is 288 g/mol. The van der Waals surface area contributed by atoms with Gasteiger partial charge in [0.15, 0.2) is 0 Å². The number of benzene rings is 5. The Balaban J connectivity index is 0.000000110. The first-order valence-electron chi connectivity index (χ1n) is 6.99. The van der Waals surface area contributed by atoms with Gasteiger partial charge in [0.25, 0.3) is 0 Å². The van der Waals surface area contributed by atoms with Crippen molar-refractivity contribution in [1.82, 2.24) is 0 Å². The fraction of sp³-hybridized carbons (Fsp3) is 0. The third kappa shape index (κ3) is 2.18. The second-order valence-corrected chi connectivity index (χ2v) is 5.67. The third-order valence-corrected chi connectivity index (χ3v) is 4.11. The van der Waals surface area contributed by atoms with Crippen LogP contribution in [0.2, 0.25) is 5.02 Å². The molecule has 0 spiro atoms. The molecular weight excluding hydrogens is 276 g/mol. The van der Waals surface area contributed by atoms with Crippen LogP contribution in [0.25, 0.3) is 32.3 Å². The van der Waals surface area contributed by atoms with Crippen molar-refractivity contribution in [2.75, 3.05) is 0 Å². The van der Waals surface area contributed by atoms with Gasteiger partial charge in [0.05, 0.1) is 0 Å². The second-order valence-electron chi connectivity index (χ2n) is 5.24. The van der Waals surface area contributed by atoms with Crippen molar-refractivity contribution in [2.24, 2.45) is 0 Å². The van der Waals surface area contributed by atoms with Crippen LogP contribution in [0.1, 0.15) is 0 Å². The van der Waals surface area contributed by atoms with E-state index in [9.17, 15) is 0 Å². The molecule has 0 atom stereocenters. The maximum Gasteiger partial charge on any atom is 0.0418 e. The zero-order valence-electron chi connectivity index (χ0n) is 11.4. The van der Waals surface area contributed by atoms with Crippen LogP contribution in [0, 0.1) is 0 Å². The Morgan fingerprint density at radius 1 is 0.476 bits per heavy atom. The predicted octanol–water partition coefficient (Wildman–Crippen LogP) is 6.36. The lowest BCUT2D eigenvalue weighted by Crippen LogP contribution is -1.83. The van der Waals surface area contributed by atoms with Crippen LogP contribution in [-0.2, 0) is 0 Å². The normalized spacial score (nSPS) is 11.1. The molecule has 6 aromatic rings. The topological polar surface area (TPSA) is 0 Å². The van der Waals surface area contributed by atoms with Crippen molar-refractivity contribution >= 4 is 43.9 Å². The minimum atomic E-state index is 0.841. The largest absolute Gasteiger partial charge is 0.0843 e. The summed E-state index contributed by atoms with van der Waals surface area (Å²) in [6.45, 7) is 0. The highest BCUT2D eigenvalue weighted by Gasteiger charge is 2.07. The highest BCUT2D eigenvalue weighted by atomic mass is 35.5. The van der Waals surface area contributed by atoms with Gasteiger partial charge in [-0.3, -0.25) is 0 Å². The first kappa shape index (κ1) is 12.4. The van der Waals surface area contributed by atoms with E-state index in [-0.39, 0.29) is 0 Å². The zero-order chi connectivity index (χ0) is 14.2. The van der Waals surface area contributed by atoms with E-state index in [4.69, 9.17) is 11.6 Å². The summed E-state index contributed by atoms with van der Waals surface area (Å²) in [5, 5.41) is 8.70. The predicted molar refractivity (Wildman–Crippen MR) is 92.8 cm³/mol. The van der Waals surface area contributed by atoms with E-state index in [1.807, 2.05) is 12.1 Å². The van der Waals surface area contributed by atoms with Gasteiger partial charge >= 0.3 is 0 Å². The molecule has 0 radical (unpaired) electrons. The van der Waals surface area contributed by atoms with E-state index in [0.717, 1.165) is 5.02 Å². The molecule has 0 nitrogen and oxygen atoms in total. The SMILES string of the molecule is Clc1cc2ccc3cc2c3c1.c1ccc2ccccc2c1. The van der Waals surface area contributed by atoms with Crippen LogP contribution in [0.5, 0.6) is 0 Å². The number of rotatable bonds is 0. The molecule has 0 aromatic heterocycles. The van der Waals surface area contributed by atoms with Crippen LogP contribution >= 0.6 is 11.6 Å². The summed E-state index contributed by atoms with van der Waals surface area (Å²) in [4.78, 5) is 0. The molecule has 0 aliphatic heterocycles. The summed E-state index contributed by atoms with van der Waals surface area (Å²) in [7, 11) is 0. The fourth-order valence-corrected chi connectivity index (χ4v) is 3.01. The molecule has 6 rings (SSSR count). The van der Waals surface area contributed by atoms with Crippen molar-refractivity contribution in [2.45, 2.75) is 0 Å². The summed E-state index contributed by atoms with van der Waals surface area (Å²) < 4.78 is 0. The van der Waals surface area contributed by atoms with Gasteiger partial charge in [-0.25, -0.2) is 0 Å². The average molecular weight is 289 g/mol. The van der Waals surface area contributed by atoms with Gasteiger partial charge < -0.3 is 0 Å². The van der Waals surface area contributed by atoms with E-state index in [0.29, 0.717) is 0 Å². The molecule has 4 bridgehead atoms. The molecule has 0 aliphatic carbocycles. The summed E-state index contributed by atoms with van der Waals surface area (Å²) in [5.74, 6) is 0. The van der Waals surface area contributed by atoms with E-state index in [1.54, 1.807) is 0 Å². The van der Waals surface area contributed by atoms with Crippen molar-refractivity contribution in [3.63, 3.8) is 0 Å². The Labute approximate surface area is 128 Å². The molecular formula is C20H13Cl. The molecule has 21 heavy (non-hydrogen) atoms. The number of hydrogen-bond acceptors (Lipinski definition) is 0. The zero-order valence-corrected chi connectivity index (χ0v) is 12.1. The Morgan fingerprint density at radius 2 is 0.952 bits per heavy atom. The van der Waals surface area contributed by atoms with Gasteiger partial charge in [0.2, 0.25) is 0 Å². The number of halogens is 1. The van der Waals surface area contributed by atoms with Gasteiger partial charge in [-0.15, -0.1) is 0 Å². The average Bonchev–Trinajstić information content (AvgIpc) is 2.52. The molecule has 0 amide bonds. The lowest BCUT2D eigenvalue weighted by molar-refractivity contribution is 1.75. The van der Waals surface area contributed by atoms with Crippen LogP contribution in [0.3, 0.4) is 0 Å². The maximum atomic E-state index is 5.89. The Hall–Kier alpha value is -2.31. The van der Waals surface area contributed by atoms with Crippen LogP contribution in [-0.4, -0.2) is 0 Å². The Morgan fingerprint density at radius 3 is 1.43 bits per heavy atom. The van der Waals surface area contributed by atoms with Crippen molar-refractivity contribution in [3.8, 4) is 0 Å². The molecule has 0 saturated heterocycles. The molecule has 0 aliphatic rings. The summed E-state index contributed by atoms with van der Waals surface area (Å²) in [5.41, 5.74) is 0. The minimum absolute atomic E-state index is 0.841. The molecule has 0 heterocycles. The van der Waals surface area contributed by atoms with Crippen molar-refractivity contribution < 1.29 is 0 Å². The lowest BCUT2D eigenvalue weighted by Gasteiger charge is -2.10. The smallest absolute Gasteiger partial charge is 0.0418 e. The molecule has 0 saturated carbocycles. The fourth-order valence-electron chi connectivity index (χ4n) is 2.78. The van der Waals surface area contributed by atoms with Crippen LogP contribution in [0.4, 0.5) is 0 Å². The van der Waals surface area contributed by atoms with E-state index >= 15 is 0 Å². The number of hydrogen-bond donors (Lipinski definition) is 0. The van der Waals surface area contributed by atoms with E-state index < -0.39 is 0 Å². The van der Waals surface area contributed by atoms with Gasteiger partial charge in [-0.1, -0.05) is 72.3 Å².